The summed E-state index contributed by atoms with van der Waals surface area (Å²) in [5.41, 5.74) is 0. The largest absolute Gasteiger partial charge is 0.508 e. The van der Waals surface area contributed by atoms with E-state index >= 15 is 0 Å². The van der Waals surface area contributed by atoms with E-state index < -0.39 is 17.9 Å². The van der Waals surface area contributed by atoms with E-state index in [1.54, 1.807) is 0 Å². The second-order valence-electron chi connectivity index (χ2n) is 9.38. The number of hydrogen-bond donors (Lipinski definition) is 6. The van der Waals surface area contributed by atoms with Crippen molar-refractivity contribution in [3.63, 3.8) is 0 Å². The minimum atomic E-state index is -0.670. The molecule has 0 amide bonds. The van der Waals surface area contributed by atoms with Crippen molar-refractivity contribution in [2.24, 2.45) is 0 Å². The predicted molar refractivity (Wildman–Crippen MR) is 154 cm³/mol. The molecule has 0 atom stereocenters. The maximum Gasteiger partial charge on any atom is 0.303 e. The molecule has 0 aliphatic heterocycles. The number of carboxylic acids is 3. The molecule has 228 valence electrons. The summed E-state index contributed by atoms with van der Waals surface area (Å²) < 4.78 is 0. The van der Waals surface area contributed by atoms with Gasteiger partial charge < -0.3 is 30.6 Å². The van der Waals surface area contributed by atoms with Crippen LogP contribution in [0.5, 0.6) is 17.2 Å². The first kappa shape index (κ1) is 40.5. The molecule has 1 aromatic rings. The topological polar surface area (TPSA) is 173 Å². The third kappa shape index (κ3) is 42.4. The summed E-state index contributed by atoms with van der Waals surface area (Å²) in [5.74, 6) is -2.45. The zero-order valence-corrected chi connectivity index (χ0v) is 24.4. The highest BCUT2D eigenvalue weighted by atomic mass is 16.4. The first-order valence-corrected chi connectivity index (χ1v) is 14.4. The number of carbonyl (C=O) groups is 3. The molecule has 0 heterocycles. The average Bonchev–Trinajstić information content (AvgIpc) is 2.83. The molecule has 0 radical (unpaired) electrons. The van der Waals surface area contributed by atoms with Crippen LogP contribution in [-0.2, 0) is 14.4 Å². The minimum Gasteiger partial charge on any atom is -0.508 e. The van der Waals surface area contributed by atoms with Gasteiger partial charge >= 0.3 is 17.9 Å². The van der Waals surface area contributed by atoms with Gasteiger partial charge in [-0.1, -0.05) is 97.8 Å². The molecule has 6 N–H and O–H groups in total. The van der Waals surface area contributed by atoms with E-state index in [-0.39, 0.29) is 17.2 Å². The maximum atomic E-state index is 10.0. The first-order chi connectivity index (χ1) is 18.5. The molecule has 0 spiro atoms. The summed E-state index contributed by atoms with van der Waals surface area (Å²) in [6, 6.07) is 3.42. The van der Waals surface area contributed by atoms with Crippen LogP contribution in [0, 0.1) is 0 Å². The third-order valence-corrected chi connectivity index (χ3v) is 5.37. The number of phenolic OH excluding ortho intramolecular Hbond substituents is 3. The highest BCUT2D eigenvalue weighted by Crippen LogP contribution is 2.23. The number of aliphatic carboxylic acids is 3. The lowest BCUT2D eigenvalue weighted by Gasteiger charge is -1.95. The van der Waals surface area contributed by atoms with Crippen LogP contribution in [0.2, 0.25) is 0 Å². The van der Waals surface area contributed by atoms with E-state index in [1.165, 1.54) is 57.8 Å². The Hall–Kier alpha value is -2.97. The van der Waals surface area contributed by atoms with E-state index in [2.05, 4.69) is 20.8 Å². The fourth-order valence-electron chi connectivity index (χ4n) is 3.22. The van der Waals surface area contributed by atoms with Gasteiger partial charge in [0.1, 0.15) is 17.2 Å². The number of hydrogen-bond acceptors (Lipinski definition) is 6. The van der Waals surface area contributed by atoms with Crippen LogP contribution < -0.4 is 0 Å². The number of phenols is 3. The zero-order valence-electron chi connectivity index (χ0n) is 24.4. The van der Waals surface area contributed by atoms with Gasteiger partial charge in [-0.25, -0.2) is 0 Å². The van der Waals surface area contributed by atoms with Gasteiger partial charge in [0.25, 0.3) is 0 Å². The minimum absolute atomic E-state index is 0.146. The molecule has 0 aromatic heterocycles. The second-order valence-corrected chi connectivity index (χ2v) is 9.38. The van der Waals surface area contributed by atoms with Crippen molar-refractivity contribution >= 4 is 17.9 Å². The van der Waals surface area contributed by atoms with Gasteiger partial charge in [-0.2, -0.15) is 0 Å². The Morgan fingerprint density at radius 3 is 0.821 bits per heavy atom. The molecule has 0 unspecified atom stereocenters. The molecule has 39 heavy (non-hydrogen) atoms. The third-order valence-electron chi connectivity index (χ3n) is 5.37. The molecule has 0 aliphatic rings. The Balaban J connectivity index is -0.000000443. The Morgan fingerprint density at radius 1 is 0.436 bits per heavy atom. The molecular formula is C30H54O9. The smallest absolute Gasteiger partial charge is 0.303 e. The molecule has 1 rings (SSSR count). The van der Waals surface area contributed by atoms with E-state index in [9.17, 15) is 14.4 Å². The lowest BCUT2D eigenvalue weighted by atomic mass is 10.1. The van der Waals surface area contributed by atoms with Crippen molar-refractivity contribution in [2.75, 3.05) is 0 Å². The van der Waals surface area contributed by atoms with Crippen LogP contribution in [0.3, 0.4) is 0 Å². The van der Waals surface area contributed by atoms with E-state index in [0.29, 0.717) is 19.3 Å². The number of carboxylic acid groups (broad SMARTS) is 3. The lowest BCUT2D eigenvalue weighted by Crippen LogP contribution is -1.93. The van der Waals surface area contributed by atoms with Gasteiger partial charge in [0.15, 0.2) is 0 Å². The van der Waals surface area contributed by atoms with Crippen molar-refractivity contribution in [2.45, 2.75) is 136 Å². The summed E-state index contributed by atoms with van der Waals surface area (Å²) >= 11 is 0. The monoisotopic (exact) mass is 558 g/mol. The fraction of sp³-hybridized carbons (Fsp3) is 0.700. The predicted octanol–water partition coefficient (Wildman–Crippen LogP) is 8.10. The summed E-state index contributed by atoms with van der Waals surface area (Å²) in [6.07, 6.45) is 17.7. The van der Waals surface area contributed by atoms with E-state index in [1.807, 2.05) is 0 Å². The Labute approximate surface area is 234 Å². The summed E-state index contributed by atoms with van der Waals surface area (Å²) in [4.78, 5) is 30.1. The number of unbranched alkanes of at least 4 members (excludes halogenated alkanes) is 12. The molecule has 9 heteroatoms. The molecule has 0 saturated carbocycles. The summed E-state index contributed by atoms with van der Waals surface area (Å²) in [5, 5.41) is 50.8. The number of benzene rings is 1. The highest BCUT2D eigenvalue weighted by Gasteiger charge is 1.97. The first-order valence-electron chi connectivity index (χ1n) is 14.4. The molecule has 0 fully saturated rings. The second kappa shape index (κ2) is 31.2. The van der Waals surface area contributed by atoms with Crippen molar-refractivity contribution in [3.05, 3.63) is 18.2 Å². The Bertz CT molecular complexity index is 613. The Morgan fingerprint density at radius 2 is 0.641 bits per heavy atom. The van der Waals surface area contributed by atoms with Crippen LogP contribution in [-0.4, -0.2) is 48.5 Å². The van der Waals surface area contributed by atoms with Crippen molar-refractivity contribution in [1.82, 2.24) is 0 Å². The number of aromatic hydroxyl groups is 3. The molecular weight excluding hydrogens is 504 g/mol. The van der Waals surface area contributed by atoms with Gasteiger partial charge in [-0.3, -0.25) is 14.4 Å². The quantitative estimate of drug-likeness (QED) is 0.0973. The molecule has 0 saturated heterocycles. The zero-order chi connectivity index (χ0) is 30.3. The fourth-order valence-corrected chi connectivity index (χ4v) is 3.22. The number of rotatable bonds is 18. The van der Waals surface area contributed by atoms with Crippen LogP contribution >= 0.6 is 0 Å². The molecule has 0 bridgehead atoms. The van der Waals surface area contributed by atoms with Gasteiger partial charge in [-0.05, 0) is 19.3 Å². The van der Waals surface area contributed by atoms with Gasteiger partial charge in [0.2, 0.25) is 0 Å². The van der Waals surface area contributed by atoms with Crippen molar-refractivity contribution in [1.29, 1.82) is 0 Å². The van der Waals surface area contributed by atoms with Gasteiger partial charge in [-0.15, -0.1) is 0 Å². The Kier molecular flexibility index (Phi) is 32.5. The summed E-state index contributed by atoms with van der Waals surface area (Å²) in [6.45, 7) is 6.45. The molecule has 0 aliphatic carbocycles. The van der Waals surface area contributed by atoms with Crippen LogP contribution in [0.25, 0.3) is 0 Å². The van der Waals surface area contributed by atoms with Crippen molar-refractivity contribution < 1.29 is 45.0 Å². The molecule has 1 aromatic carbocycles. The summed E-state index contributed by atoms with van der Waals surface area (Å²) in [7, 11) is 0. The maximum absolute atomic E-state index is 10.0. The van der Waals surface area contributed by atoms with Gasteiger partial charge in [0, 0.05) is 37.5 Å². The van der Waals surface area contributed by atoms with E-state index in [0.717, 1.165) is 56.7 Å². The standard InChI is InChI=1S/3C8H16O2.C6H6O3/c3*1-2-3-4-5-6-7-8(9)10;7-4-1-5(8)3-6(9)2-4/h3*2-7H2,1H3,(H,9,10);1-3,7-9H. The van der Waals surface area contributed by atoms with Crippen molar-refractivity contribution in [3.8, 4) is 17.2 Å². The average molecular weight is 559 g/mol. The van der Waals surface area contributed by atoms with Crippen LogP contribution in [0.4, 0.5) is 0 Å². The van der Waals surface area contributed by atoms with Gasteiger partial charge in [0.05, 0.1) is 0 Å². The SMILES string of the molecule is CCCCCCCC(=O)O.CCCCCCCC(=O)O.CCCCCCCC(=O)O.Oc1cc(O)cc(O)c1. The molecule has 9 nitrogen and oxygen atoms in total. The van der Waals surface area contributed by atoms with E-state index in [4.69, 9.17) is 30.6 Å². The van der Waals surface area contributed by atoms with Crippen LogP contribution in [0.1, 0.15) is 136 Å². The van der Waals surface area contributed by atoms with Crippen LogP contribution in [0.15, 0.2) is 18.2 Å². The normalized spacial score (nSPS) is 9.62. The highest BCUT2D eigenvalue weighted by molar-refractivity contribution is 5.67. The lowest BCUT2D eigenvalue weighted by molar-refractivity contribution is -0.138.